The van der Waals surface area contributed by atoms with E-state index in [1.807, 2.05) is 0 Å². The van der Waals surface area contributed by atoms with Gasteiger partial charge in [0, 0.05) is 36.5 Å². The lowest BCUT2D eigenvalue weighted by molar-refractivity contribution is 0.0433. The van der Waals surface area contributed by atoms with Gasteiger partial charge in [0.05, 0.1) is 0 Å². The van der Waals surface area contributed by atoms with Crippen LogP contribution in [0.2, 0.25) is 0 Å². The molecule has 0 radical (unpaired) electrons. The summed E-state index contributed by atoms with van der Waals surface area (Å²) in [5, 5.41) is 3.25. The summed E-state index contributed by atoms with van der Waals surface area (Å²) in [6.45, 7) is 9.02. The highest BCUT2D eigenvalue weighted by Gasteiger charge is 2.40. The van der Waals surface area contributed by atoms with Crippen molar-refractivity contribution in [1.82, 2.24) is 14.9 Å². The van der Waals surface area contributed by atoms with Gasteiger partial charge in [0.2, 0.25) is 5.43 Å². The average Bonchev–Trinajstić information content (AvgIpc) is 2.95. The number of rotatable bonds is 8. The Balaban J connectivity index is 1.85. The Morgan fingerprint density at radius 2 is 1.73 bits per heavy atom. The van der Waals surface area contributed by atoms with Crippen LogP contribution >= 0.6 is 0 Å². The van der Waals surface area contributed by atoms with E-state index in [9.17, 15) is 32.3 Å². The minimum atomic E-state index is -1.24. The van der Waals surface area contributed by atoms with Crippen molar-refractivity contribution in [2.24, 2.45) is 0 Å². The number of hydrogen-bond acceptors (Lipinski definition) is 6. The molecule has 0 bridgehead atoms. The lowest BCUT2D eigenvalue weighted by Gasteiger charge is -2.40. The van der Waals surface area contributed by atoms with E-state index >= 15 is 0 Å². The van der Waals surface area contributed by atoms with Crippen LogP contribution in [0, 0.1) is 17.5 Å². The van der Waals surface area contributed by atoms with E-state index in [0.29, 0.717) is 17.7 Å². The highest BCUT2D eigenvalue weighted by atomic mass is 19.1. The SMILES string of the molecule is C=CC(C)N1CN(C(=O)OC(C)(C)C)n2cc(C(=O)NCc3c(F)cc(F)cc3F)c(=O)c(OCc3ccccc3)c2C1=O. The molecule has 44 heavy (non-hydrogen) atoms. The molecule has 1 aliphatic heterocycles. The number of hydrogen-bond donors (Lipinski definition) is 1. The van der Waals surface area contributed by atoms with Crippen molar-refractivity contribution in [2.75, 3.05) is 11.7 Å². The number of nitrogens with zero attached hydrogens (tertiary/aromatic N) is 3. The van der Waals surface area contributed by atoms with Gasteiger partial charge in [0.15, 0.2) is 11.4 Å². The first-order valence-electron chi connectivity index (χ1n) is 13.5. The maximum Gasteiger partial charge on any atom is 0.431 e. The highest BCUT2D eigenvalue weighted by Crippen LogP contribution is 2.26. The fourth-order valence-electron chi connectivity index (χ4n) is 4.31. The third-order valence-electron chi connectivity index (χ3n) is 6.60. The van der Waals surface area contributed by atoms with Gasteiger partial charge in [-0.25, -0.2) is 22.6 Å². The quantitative estimate of drug-likeness (QED) is 0.372. The lowest BCUT2D eigenvalue weighted by atomic mass is 10.1. The molecule has 2 aromatic carbocycles. The molecule has 1 aromatic heterocycles. The first-order valence-corrected chi connectivity index (χ1v) is 13.5. The molecule has 0 spiro atoms. The van der Waals surface area contributed by atoms with Crippen LogP contribution in [-0.2, 0) is 17.9 Å². The molecule has 13 heteroatoms. The number of carbonyl (C=O) groups is 3. The molecular formula is C31H31F3N4O6. The van der Waals surface area contributed by atoms with Gasteiger partial charge in [-0.2, -0.15) is 5.01 Å². The number of halogens is 3. The van der Waals surface area contributed by atoms with Gasteiger partial charge in [-0.15, -0.1) is 6.58 Å². The van der Waals surface area contributed by atoms with Crippen molar-refractivity contribution in [3.05, 3.63) is 111 Å². The third-order valence-corrected chi connectivity index (χ3v) is 6.60. The number of aromatic nitrogens is 1. The van der Waals surface area contributed by atoms with Crippen LogP contribution < -0.4 is 20.5 Å². The van der Waals surface area contributed by atoms with Crippen LogP contribution in [0.1, 0.15) is 59.7 Å². The molecule has 0 saturated heterocycles. The van der Waals surface area contributed by atoms with Crippen LogP contribution in [0.3, 0.4) is 0 Å². The van der Waals surface area contributed by atoms with Crippen molar-refractivity contribution in [3.8, 4) is 5.75 Å². The van der Waals surface area contributed by atoms with Crippen molar-refractivity contribution in [3.63, 3.8) is 0 Å². The first-order chi connectivity index (χ1) is 20.7. The Hall–Kier alpha value is -5.07. The smallest absolute Gasteiger partial charge is 0.431 e. The van der Waals surface area contributed by atoms with Gasteiger partial charge >= 0.3 is 6.09 Å². The first kappa shape index (κ1) is 31.9. The molecule has 4 rings (SSSR count). The summed E-state index contributed by atoms with van der Waals surface area (Å²) < 4.78 is 54.2. The molecule has 1 unspecified atom stereocenters. The average molecular weight is 613 g/mol. The van der Waals surface area contributed by atoms with Crippen LogP contribution in [0.4, 0.5) is 18.0 Å². The summed E-state index contributed by atoms with van der Waals surface area (Å²) in [6.07, 6.45) is 1.52. The predicted octanol–water partition coefficient (Wildman–Crippen LogP) is 4.64. The predicted molar refractivity (Wildman–Crippen MR) is 154 cm³/mol. The summed E-state index contributed by atoms with van der Waals surface area (Å²) in [7, 11) is 0. The fourth-order valence-corrected chi connectivity index (χ4v) is 4.31. The maximum atomic E-state index is 14.2. The van der Waals surface area contributed by atoms with E-state index in [4.69, 9.17) is 9.47 Å². The van der Waals surface area contributed by atoms with Gasteiger partial charge < -0.3 is 19.7 Å². The molecule has 0 fully saturated rings. The van der Waals surface area contributed by atoms with Gasteiger partial charge in [-0.3, -0.25) is 14.4 Å². The fraction of sp³-hybridized carbons (Fsp3) is 0.290. The molecule has 1 N–H and O–H groups in total. The Kier molecular flexibility index (Phi) is 9.16. The molecule has 1 atom stereocenters. The zero-order valence-electron chi connectivity index (χ0n) is 24.5. The number of fused-ring (bicyclic) bond motifs is 1. The normalized spacial score (nSPS) is 13.7. The third kappa shape index (κ3) is 6.77. The maximum absolute atomic E-state index is 14.2. The van der Waals surface area contributed by atoms with Crippen LogP contribution in [-0.4, -0.2) is 45.8 Å². The zero-order valence-corrected chi connectivity index (χ0v) is 24.5. The van der Waals surface area contributed by atoms with Gasteiger partial charge in [0.1, 0.15) is 41.9 Å². The number of amides is 3. The summed E-state index contributed by atoms with van der Waals surface area (Å²) in [4.78, 5) is 55.5. The van der Waals surface area contributed by atoms with Crippen LogP contribution in [0.5, 0.6) is 5.75 Å². The Bertz CT molecular complexity index is 1650. The molecular weight excluding hydrogens is 581 g/mol. The monoisotopic (exact) mass is 612 g/mol. The number of ether oxygens (including phenoxy) is 2. The second kappa shape index (κ2) is 12.7. The van der Waals surface area contributed by atoms with E-state index in [-0.39, 0.29) is 19.0 Å². The Morgan fingerprint density at radius 3 is 2.32 bits per heavy atom. The van der Waals surface area contributed by atoms with E-state index in [2.05, 4.69) is 11.9 Å². The molecule has 10 nitrogen and oxygen atoms in total. The zero-order chi connectivity index (χ0) is 32.3. The van der Waals surface area contributed by atoms with Gasteiger partial charge in [0.25, 0.3) is 11.8 Å². The molecule has 232 valence electrons. The Morgan fingerprint density at radius 1 is 1.09 bits per heavy atom. The van der Waals surface area contributed by atoms with Gasteiger partial charge in [-0.1, -0.05) is 36.4 Å². The number of pyridine rings is 1. The van der Waals surface area contributed by atoms with Crippen molar-refractivity contribution in [2.45, 2.75) is 52.5 Å². The number of carbonyl (C=O) groups excluding carboxylic acids is 3. The van der Waals surface area contributed by atoms with E-state index in [1.54, 1.807) is 58.0 Å². The van der Waals surface area contributed by atoms with Crippen LogP contribution in [0.25, 0.3) is 0 Å². The molecule has 1 aliphatic rings. The minimum Gasteiger partial charge on any atom is -0.482 e. The largest absolute Gasteiger partial charge is 0.482 e. The number of nitrogens with one attached hydrogen (secondary N) is 1. The molecule has 0 saturated carbocycles. The van der Waals surface area contributed by atoms with Crippen molar-refractivity contribution >= 4 is 17.9 Å². The second-order valence-electron chi connectivity index (χ2n) is 11.0. The van der Waals surface area contributed by atoms with E-state index in [1.165, 1.54) is 11.0 Å². The standard InChI is InChI=1S/C31H31F3N4O6/c1-6-18(2)36-17-38(30(42)44-31(3,4)5)37-15-22(28(40)35-14-21-23(33)12-20(32)13-24(21)34)26(39)27(25(37)29(36)41)43-16-19-10-8-7-9-11-19/h6-13,15,18H,1,14,16-17H2,2-5H3,(H,35,40). The summed E-state index contributed by atoms with van der Waals surface area (Å²) in [5.41, 5.74) is -2.95. The van der Waals surface area contributed by atoms with Gasteiger partial charge in [-0.05, 0) is 33.3 Å². The second-order valence-corrected chi connectivity index (χ2v) is 11.0. The summed E-state index contributed by atoms with van der Waals surface area (Å²) >= 11 is 0. The molecule has 3 aromatic rings. The molecule has 2 heterocycles. The highest BCUT2D eigenvalue weighted by molar-refractivity contribution is 6.01. The minimum absolute atomic E-state index is 0.184. The lowest BCUT2D eigenvalue weighted by Crippen LogP contribution is -2.59. The number of benzene rings is 2. The van der Waals surface area contributed by atoms with E-state index in [0.717, 1.165) is 15.9 Å². The van der Waals surface area contributed by atoms with Crippen molar-refractivity contribution < 1.29 is 37.0 Å². The van der Waals surface area contributed by atoms with Crippen LogP contribution in [0.15, 0.2) is 66.1 Å². The summed E-state index contributed by atoms with van der Waals surface area (Å²) in [6, 6.07) is 8.99. The van der Waals surface area contributed by atoms with E-state index < -0.39 is 75.9 Å². The Labute approximate surface area is 251 Å². The molecule has 3 amide bonds. The van der Waals surface area contributed by atoms with Crippen molar-refractivity contribution in [1.29, 1.82) is 0 Å². The topological polar surface area (TPSA) is 110 Å². The molecule has 0 aliphatic carbocycles. The summed E-state index contributed by atoms with van der Waals surface area (Å²) in [5.74, 6) is -5.96.